The third-order valence-electron chi connectivity index (χ3n) is 3.32. The Morgan fingerprint density at radius 1 is 1.00 bits per heavy atom. The van der Waals surface area contributed by atoms with Crippen LogP contribution in [0.4, 0.5) is 5.69 Å². The summed E-state index contributed by atoms with van der Waals surface area (Å²) >= 11 is 0. The fourth-order valence-electron chi connectivity index (χ4n) is 2.35. The molecule has 0 radical (unpaired) electrons. The quantitative estimate of drug-likeness (QED) is 0.337. The standard InChI is InChI=1S/C16H24N4.HI/c1-18(2)16(19(3)4)17-13-14-7-9-15(10-8-14)20-11-5-6-12-20;/h5-10H,11-13H2,1-4H3;1H. The highest BCUT2D eigenvalue weighted by Crippen LogP contribution is 2.18. The number of hydrogen-bond acceptors (Lipinski definition) is 2. The lowest BCUT2D eigenvalue weighted by Crippen LogP contribution is -2.35. The van der Waals surface area contributed by atoms with Crippen LogP contribution < -0.4 is 4.90 Å². The lowest BCUT2D eigenvalue weighted by molar-refractivity contribution is 0.479. The Labute approximate surface area is 145 Å². The minimum atomic E-state index is 0. The van der Waals surface area contributed by atoms with Gasteiger partial charge < -0.3 is 14.7 Å². The lowest BCUT2D eigenvalue weighted by atomic mass is 10.2. The molecule has 2 rings (SSSR count). The second-order valence-electron chi connectivity index (χ2n) is 5.45. The molecule has 0 aromatic heterocycles. The van der Waals surface area contributed by atoms with Crippen molar-refractivity contribution in [2.45, 2.75) is 6.54 Å². The molecule has 0 saturated heterocycles. The third kappa shape index (κ3) is 4.91. The first kappa shape index (κ1) is 17.8. The summed E-state index contributed by atoms with van der Waals surface area (Å²) in [6.07, 6.45) is 4.41. The topological polar surface area (TPSA) is 22.1 Å². The number of halogens is 1. The average molecular weight is 400 g/mol. The molecule has 0 saturated carbocycles. The van der Waals surface area contributed by atoms with Gasteiger partial charge in [0, 0.05) is 47.0 Å². The van der Waals surface area contributed by atoms with Gasteiger partial charge in [0.25, 0.3) is 0 Å². The molecule has 1 aliphatic heterocycles. The smallest absolute Gasteiger partial charge is 0.195 e. The maximum absolute atomic E-state index is 4.66. The van der Waals surface area contributed by atoms with Crippen LogP contribution in [0.5, 0.6) is 0 Å². The van der Waals surface area contributed by atoms with Gasteiger partial charge in [0.2, 0.25) is 0 Å². The van der Waals surface area contributed by atoms with E-state index in [1.807, 2.05) is 38.0 Å². The molecule has 1 aromatic carbocycles. The maximum Gasteiger partial charge on any atom is 0.195 e. The summed E-state index contributed by atoms with van der Waals surface area (Å²) < 4.78 is 0. The van der Waals surface area contributed by atoms with Gasteiger partial charge in [-0.05, 0) is 17.7 Å². The van der Waals surface area contributed by atoms with Crippen molar-refractivity contribution in [2.75, 3.05) is 46.2 Å². The molecule has 1 heterocycles. The Kier molecular flexibility index (Phi) is 7.01. The van der Waals surface area contributed by atoms with E-state index >= 15 is 0 Å². The first-order valence-electron chi connectivity index (χ1n) is 6.96. The molecule has 4 nitrogen and oxygen atoms in total. The molecule has 1 aliphatic rings. The summed E-state index contributed by atoms with van der Waals surface area (Å²) in [6.45, 7) is 2.75. The zero-order chi connectivity index (χ0) is 14.5. The van der Waals surface area contributed by atoms with Crippen molar-refractivity contribution in [3.8, 4) is 0 Å². The Balaban J connectivity index is 0.00000220. The van der Waals surface area contributed by atoms with Crippen molar-refractivity contribution in [2.24, 2.45) is 4.99 Å². The number of anilines is 1. The third-order valence-corrected chi connectivity index (χ3v) is 3.32. The highest BCUT2D eigenvalue weighted by Gasteiger charge is 2.07. The van der Waals surface area contributed by atoms with Crippen molar-refractivity contribution < 1.29 is 0 Å². The molecular formula is C16H25IN4. The van der Waals surface area contributed by atoms with Crippen molar-refractivity contribution >= 4 is 35.6 Å². The monoisotopic (exact) mass is 400 g/mol. The maximum atomic E-state index is 4.66. The summed E-state index contributed by atoms with van der Waals surface area (Å²) in [5.41, 5.74) is 2.52. The number of aliphatic imine (C=N–C) groups is 1. The molecule has 5 heteroatoms. The van der Waals surface area contributed by atoms with Gasteiger partial charge in [0.1, 0.15) is 0 Å². The van der Waals surface area contributed by atoms with Crippen LogP contribution in [0, 0.1) is 0 Å². The Bertz CT molecular complexity index is 474. The van der Waals surface area contributed by atoms with Crippen molar-refractivity contribution in [3.63, 3.8) is 0 Å². The van der Waals surface area contributed by atoms with Crippen molar-refractivity contribution in [1.29, 1.82) is 0 Å². The van der Waals surface area contributed by atoms with Crippen LogP contribution in [0.3, 0.4) is 0 Å². The van der Waals surface area contributed by atoms with Crippen LogP contribution in [0.2, 0.25) is 0 Å². The van der Waals surface area contributed by atoms with E-state index in [1.165, 1.54) is 11.3 Å². The van der Waals surface area contributed by atoms with Gasteiger partial charge in [0.05, 0.1) is 6.54 Å². The van der Waals surface area contributed by atoms with Gasteiger partial charge in [-0.25, -0.2) is 4.99 Å². The predicted molar refractivity (Wildman–Crippen MR) is 102 cm³/mol. The minimum absolute atomic E-state index is 0. The highest BCUT2D eigenvalue weighted by atomic mass is 127. The van der Waals surface area contributed by atoms with E-state index in [0.29, 0.717) is 6.54 Å². The molecule has 0 atom stereocenters. The fraction of sp³-hybridized carbons (Fsp3) is 0.438. The van der Waals surface area contributed by atoms with Crippen molar-refractivity contribution in [1.82, 2.24) is 9.80 Å². The molecule has 0 N–H and O–H groups in total. The first-order chi connectivity index (χ1) is 9.58. The second kappa shape index (κ2) is 8.26. The number of benzene rings is 1. The molecule has 0 amide bonds. The van der Waals surface area contributed by atoms with E-state index in [0.717, 1.165) is 19.0 Å². The lowest BCUT2D eigenvalue weighted by Gasteiger charge is -2.22. The molecule has 0 fully saturated rings. The number of nitrogens with zero attached hydrogens (tertiary/aromatic N) is 4. The largest absolute Gasteiger partial charge is 0.364 e. The molecule has 0 unspecified atom stereocenters. The van der Waals surface area contributed by atoms with Crippen molar-refractivity contribution in [3.05, 3.63) is 42.0 Å². The SMILES string of the molecule is CN(C)C(=NCc1ccc(N2CC=CC2)cc1)N(C)C.I. The van der Waals surface area contributed by atoms with Crippen LogP contribution in [-0.2, 0) is 6.54 Å². The summed E-state index contributed by atoms with van der Waals surface area (Å²) in [5.74, 6) is 0.984. The Hall–Kier alpha value is -1.24. The van der Waals surface area contributed by atoms with Crippen LogP contribution >= 0.6 is 24.0 Å². The van der Waals surface area contributed by atoms with E-state index in [-0.39, 0.29) is 24.0 Å². The average Bonchev–Trinajstić information content (AvgIpc) is 2.92. The molecule has 0 aliphatic carbocycles. The van der Waals surface area contributed by atoms with Gasteiger partial charge in [-0.2, -0.15) is 0 Å². The first-order valence-corrected chi connectivity index (χ1v) is 6.96. The fourth-order valence-corrected chi connectivity index (χ4v) is 2.35. The van der Waals surface area contributed by atoms with E-state index in [2.05, 4.69) is 46.3 Å². The number of rotatable bonds is 3. The number of hydrogen-bond donors (Lipinski definition) is 0. The molecule has 0 spiro atoms. The Morgan fingerprint density at radius 2 is 1.52 bits per heavy atom. The molecule has 1 aromatic rings. The zero-order valence-electron chi connectivity index (χ0n) is 13.3. The minimum Gasteiger partial charge on any atom is -0.364 e. The van der Waals surface area contributed by atoms with Crippen LogP contribution in [0.25, 0.3) is 0 Å². The Morgan fingerprint density at radius 3 is 2.00 bits per heavy atom. The molecule has 21 heavy (non-hydrogen) atoms. The summed E-state index contributed by atoms with van der Waals surface area (Å²) in [7, 11) is 8.06. The van der Waals surface area contributed by atoms with E-state index in [1.54, 1.807) is 0 Å². The van der Waals surface area contributed by atoms with Crippen LogP contribution in [0.15, 0.2) is 41.4 Å². The van der Waals surface area contributed by atoms with Gasteiger partial charge in [0.15, 0.2) is 5.96 Å². The molecule has 0 bridgehead atoms. The zero-order valence-corrected chi connectivity index (χ0v) is 15.6. The summed E-state index contributed by atoms with van der Waals surface area (Å²) in [5, 5.41) is 0. The second-order valence-corrected chi connectivity index (χ2v) is 5.45. The molecular weight excluding hydrogens is 375 g/mol. The van der Waals surface area contributed by atoms with Gasteiger partial charge >= 0.3 is 0 Å². The van der Waals surface area contributed by atoms with E-state index in [4.69, 9.17) is 0 Å². The molecule has 116 valence electrons. The summed E-state index contributed by atoms with van der Waals surface area (Å²) in [6, 6.07) is 8.70. The normalized spacial score (nSPS) is 12.9. The van der Waals surface area contributed by atoms with Crippen LogP contribution in [0.1, 0.15) is 5.56 Å². The van der Waals surface area contributed by atoms with Gasteiger partial charge in [-0.3, -0.25) is 0 Å². The predicted octanol–water partition coefficient (Wildman–Crippen LogP) is 2.66. The van der Waals surface area contributed by atoms with Crippen LogP contribution in [-0.4, -0.2) is 57.0 Å². The van der Waals surface area contributed by atoms with Gasteiger partial charge in [-0.1, -0.05) is 24.3 Å². The van der Waals surface area contributed by atoms with E-state index in [9.17, 15) is 0 Å². The number of guanidine groups is 1. The highest BCUT2D eigenvalue weighted by molar-refractivity contribution is 14.0. The van der Waals surface area contributed by atoms with E-state index < -0.39 is 0 Å². The van der Waals surface area contributed by atoms with Gasteiger partial charge in [-0.15, -0.1) is 24.0 Å². The summed E-state index contributed by atoms with van der Waals surface area (Å²) in [4.78, 5) is 11.1.